The van der Waals surface area contributed by atoms with E-state index in [1.807, 2.05) is 12.1 Å². The van der Waals surface area contributed by atoms with Gasteiger partial charge in [0.1, 0.15) is 5.75 Å². The lowest BCUT2D eigenvalue weighted by Crippen LogP contribution is -2.37. The van der Waals surface area contributed by atoms with Crippen LogP contribution in [-0.2, 0) is 4.43 Å². The van der Waals surface area contributed by atoms with Crippen LogP contribution in [0.2, 0.25) is 18.1 Å². The van der Waals surface area contributed by atoms with E-state index in [9.17, 15) is 0 Å². The summed E-state index contributed by atoms with van der Waals surface area (Å²) in [7, 11) is 0.0215. The Morgan fingerprint density at radius 2 is 1.61 bits per heavy atom. The molecule has 1 atom stereocenters. The Balaban J connectivity index is 3.07. The standard InChI is InChI=1S/C20H34O2Si/c1-7-11-12-17(5)20(22-23(8-2,9-3)10-4)18-13-15-19(21-6)16-14-18/h13-16,20H,5,7-12H2,1-4,6H3. The van der Waals surface area contributed by atoms with Crippen LogP contribution in [0.1, 0.15) is 58.6 Å². The first-order chi connectivity index (χ1) is 11.1. The summed E-state index contributed by atoms with van der Waals surface area (Å²) in [6.45, 7) is 13.4. The van der Waals surface area contributed by atoms with Crippen molar-refractivity contribution in [3.63, 3.8) is 0 Å². The fourth-order valence-corrected chi connectivity index (χ4v) is 5.75. The van der Waals surface area contributed by atoms with Gasteiger partial charge in [0.05, 0.1) is 13.2 Å². The molecule has 23 heavy (non-hydrogen) atoms. The monoisotopic (exact) mass is 334 g/mol. The van der Waals surface area contributed by atoms with Crippen LogP contribution in [0.15, 0.2) is 36.4 Å². The minimum absolute atomic E-state index is 0.0268. The topological polar surface area (TPSA) is 18.5 Å². The van der Waals surface area contributed by atoms with Gasteiger partial charge in [0.25, 0.3) is 0 Å². The molecule has 0 fully saturated rings. The van der Waals surface area contributed by atoms with E-state index in [0.29, 0.717) is 0 Å². The highest BCUT2D eigenvalue weighted by Gasteiger charge is 2.33. The van der Waals surface area contributed by atoms with E-state index in [4.69, 9.17) is 9.16 Å². The zero-order chi connectivity index (χ0) is 17.3. The molecular weight excluding hydrogens is 300 g/mol. The molecule has 1 unspecified atom stereocenters. The third-order valence-corrected chi connectivity index (χ3v) is 9.54. The van der Waals surface area contributed by atoms with E-state index in [1.54, 1.807) is 7.11 Å². The Kier molecular flexibility index (Phi) is 8.63. The molecule has 2 nitrogen and oxygen atoms in total. The summed E-state index contributed by atoms with van der Waals surface area (Å²) < 4.78 is 12.1. The zero-order valence-corrected chi connectivity index (χ0v) is 16.7. The van der Waals surface area contributed by atoms with Crippen molar-refractivity contribution < 1.29 is 9.16 Å². The highest BCUT2D eigenvalue weighted by Crippen LogP contribution is 2.36. The Morgan fingerprint density at radius 3 is 2.04 bits per heavy atom. The van der Waals surface area contributed by atoms with E-state index in [-0.39, 0.29) is 6.10 Å². The van der Waals surface area contributed by atoms with E-state index in [1.165, 1.54) is 24.0 Å². The third kappa shape index (κ3) is 5.50. The molecule has 1 aromatic rings. The number of hydrogen-bond donors (Lipinski definition) is 0. The van der Waals surface area contributed by atoms with Gasteiger partial charge in [0, 0.05) is 0 Å². The van der Waals surface area contributed by atoms with Gasteiger partial charge in [-0.2, -0.15) is 0 Å². The molecule has 0 saturated heterocycles. The van der Waals surface area contributed by atoms with Gasteiger partial charge in [-0.15, -0.1) is 0 Å². The summed E-state index contributed by atoms with van der Waals surface area (Å²) in [6, 6.07) is 11.8. The molecule has 1 aromatic carbocycles. The van der Waals surface area contributed by atoms with E-state index in [2.05, 4.69) is 46.4 Å². The first kappa shape index (κ1) is 20.0. The van der Waals surface area contributed by atoms with Crippen molar-refractivity contribution in [2.45, 2.75) is 71.2 Å². The zero-order valence-electron chi connectivity index (χ0n) is 15.7. The van der Waals surface area contributed by atoms with Gasteiger partial charge in [-0.3, -0.25) is 0 Å². The van der Waals surface area contributed by atoms with Gasteiger partial charge in [-0.05, 0) is 54.2 Å². The predicted molar refractivity (Wildman–Crippen MR) is 103 cm³/mol. The molecule has 0 saturated carbocycles. The van der Waals surface area contributed by atoms with Crippen molar-refractivity contribution >= 4 is 8.32 Å². The second kappa shape index (κ2) is 9.94. The molecule has 1 rings (SSSR count). The molecule has 0 amide bonds. The number of hydrogen-bond acceptors (Lipinski definition) is 2. The second-order valence-electron chi connectivity index (χ2n) is 6.28. The van der Waals surface area contributed by atoms with Crippen LogP contribution in [0.3, 0.4) is 0 Å². The van der Waals surface area contributed by atoms with E-state index >= 15 is 0 Å². The van der Waals surface area contributed by atoms with Crippen LogP contribution in [-0.4, -0.2) is 15.4 Å². The van der Waals surface area contributed by atoms with E-state index < -0.39 is 8.32 Å². The maximum atomic E-state index is 6.80. The summed E-state index contributed by atoms with van der Waals surface area (Å²) in [5.41, 5.74) is 2.42. The van der Waals surface area contributed by atoms with Gasteiger partial charge in [0.15, 0.2) is 8.32 Å². The van der Waals surface area contributed by atoms with Crippen molar-refractivity contribution in [1.82, 2.24) is 0 Å². The number of benzene rings is 1. The maximum absolute atomic E-state index is 6.80. The van der Waals surface area contributed by atoms with Crippen LogP contribution in [0.25, 0.3) is 0 Å². The molecular formula is C20H34O2Si. The lowest BCUT2D eigenvalue weighted by atomic mass is 9.98. The molecule has 0 aliphatic carbocycles. The largest absolute Gasteiger partial charge is 0.497 e. The maximum Gasteiger partial charge on any atom is 0.193 e. The van der Waals surface area contributed by atoms with Gasteiger partial charge in [0.2, 0.25) is 0 Å². The SMILES string of the molecule is C=C(CCCC)C(O[Si](CC)(CC)CC)c1ccc(OC)cc1. The minimum Gasteiger partial charge on any atom is -0.497 e. The van der Waals surface area contributed by atoms with Gasteiger partial charge in [-0.1, -0.05) is 52.8 Å². The van der Waals surface area contributed by atoms with Gasteiger partial charge < -0.3 is 9.16 Å². The normalized spacial score (nSPS) is 12.9. The molecule has 0 aliphatic heterocycles. The predicted octanol–water partition coefficient (Wildman–Crippen LogP) is 6.50. The molecule has 0 aromatic heterocycles. The van der Waals surface area contributed by atoms with Crippen molar-refractivity contribution in [3.8, 4) is 5.75 Å². The fraction of sp³-hybridized carbons (Fsp3) is 0.600. The smallest absolute Gasteiger partial charge is 0.193 e. The highest BCUT2D eigenvalue weighted by atomic mass is 28.4. The van der Waals surface area contributed by atoms with Crippen LogP contribution in [0, 0.1) is 0 Å². The summed E-state index contributed by atoms with van der Waals surface area (Å²) in [5, 5.41) is 0. The average molecular weight is 335 g/mol. The minimum atomic E-state index is -1.68. The molecule has 0 bridgehead atoms. The first-order valence-electron chi connectivity index (χ1n) is 9.05. The van der Waals surface area contributed by atoms with Crippen LogP contribution < -0.4 is 4.74 Å². The molecule has 3 heteroatoms. The Bertz CT molecular complexity index is 455. The fourth-order valence-electron chi connectivity index (χ4n) is 2.95. The lowest BCUT2D eigenvalue weighted by molar-refractivity contribution is 0.221. The van der Waals surface area contributed by atoms with Crippen LogP contribution in [0.5, 0.6) is 5.75 Å². The van der Waals surface area contributed by atoms with Crippen LogP contribution >= 0.6 is 0 Å². The summed E-state index contributed by atoms with van der Waals surface area (Å²) in [4.78, 5) is 0. The quantitative estimate of drug-likeness (QED) is 0.339. The number of unbranched alkanes of at least 4 members (excludes halogenated alkanes) is 1. The van der Waals surface area contributed by atoms with Crippen molar-refractivity contribution in [3.05, 3.63) is 42.0 Å². The van der Waals surface area contributed by atoms with E-state index in [0.717, 1.165) is 30.3 Å². The molecule has 0 aliphatic rings. The Labute approximate surface area is 144 Å². The summed E-state index contributed by atoms with van der Waals surface area (Å²) in [6.07, 6.45) is 3.42. The highest BCUT2D eigenvalue weighted by molar-refractivity contribution is 6.73. The molecule has 0 radical (unpaired) electrons. The number of rotatable bonds is 11. The second-order valence-corrected chi connectivity index (χ2v) is 11.0. The lowest BCUT2D eigenvalue weighted by Gasteiger charge is -2.34. The summed E-state index contributed by atoms with van der Waals surface area (Å²) >= 11 is 0. The Morgan fingerprint density at radius 1 is 1.04 bits per heavy atom. The molecule has 0 spiro atoms. The molecule has 0 N–H and O–H groups in total. The summed E-state index contributed by atoms with van der Waals surface area (Å²) in [5.74, 6) is 0.886. The third-order valence-electron chi connectivity index (χ3n) is 4.94. The molecule has 0 heterocycles. The first-order valence-corrected chi connectivity index (χ1v) is 11.6. The van der Waals surface area contributed by atoms with Crippen molar-refractivity contribution in [2.24, 2.45) is 0 Å². The number of methoxy groups -OCH3 is 1. The van der Waals surface area contributed by atoms with Gasteiger partial charge >= 0.3 is 0 Å². The Hall–Kier alpha value is -1.06. The van der Waals surface area contributed by atoms with Gasteiger partial charge in [-0.25, -0.2) is 0 Å². The molecule has 130 valence electrons. The average Bonchev–Trinajstić information content (AvgIpc) is 2.61. The van der Waals surface area contributed by atoms with Crippen LogP contribution in [0.4, 0.5) is 0 Å². The van der Waals surface area contributed by atoms with Crippen molar-refractivity contribution in [1.29, 1.82) is 0 Å². The van der Waals surface area contributed by atoms with Crippen molar-refractivity contribution in [2.75, 3.05) is 7.11 Å². The number of ether oxygens (including phenoxy) is 1.